The number of carbonyl (C=O) groups excluding carboxylic acids is 1. The van der Waals surface area contributed by atoms with Crippen LogP contribution in [0, 0.1) is 5.92 Å². The number of carbonyl (C=O) groups is 1. The number of hydrogen-bond donors (Lipinski definition) is 1. The van der Waals surface area contributed by atoms with E-state index in [-0.39, 0.29) is 11.8 Å². The molecule has 0 bridgehead atoms. The molecular weight excluding hydrogens is 350 g/mol. The third kappa shape index (κ3) is 4.61. The van der Waals surface area contributed by atoms with Gasteiger partial charge in [-0.1, -0.05) is 30.3 Å². The molecule has 0 aliphatic carbocycles. The van der Waals surface area contributed by atoms with E-state index in [2.05, 4.69) is 25.1 Å². The molecule has 0 unspecified atom stereocenters. The monoisotopic (exact) mass is 379 g/mol. The van der Waals surface area contributed by atoms with Crippen LogP contribution in [-0.4, -0.2) is 42.1 Å². The molecule has 6 nitrogen and oxygen atoms in total. The lowest BCUT2D eigenvalue weighted by Gasteiger charge is -2.33. The fourth-order valence-corrected chi connectivity index (χ4v) is 4.06. The molecule has 4 rings (SSSR count). The van der Waals surface area contributed by atoms with Crippen LogP contribution in [0.2, 0.25) is 0 Å². The number of nitrogens with zero attached hydrogens (tertiary/aromatic N) is 4. The summed E-state index contributed by atoms with van der Waals surface area (Å²) in [4.78, 5) is 26.2. The fourth-order valence-electron chi connectivity index (χ4n) is 4.06. The van der Waals surface area contributed by atoms with Gasteiger partial charge in [0, 0.05) is 38.6 Å². The van der Waals surface area contributed by atoms with Gasteiger partial charge in [-0.2, -0.15) is 0 Å². The summed E-state index contributed by atoms with van der Waals surface area (Å²) in [5.41, 5.74) is 2.20. The van der Waals surface area contributed by atoms with Crippen molar-refractivity contribution in [1.29, 1.82) is 0 Å². The highest BCUT2D eigenvalue weighted by Crippen LogP contribution is 2.24. The van der Waals surface area contributed by atoms with E-state index in [0.29, 0.717) is 6.54 Å². The van der Waals surface area contributed by atoms with Crippen molar-refractivity contribution in [2.75, 3.05) is 36.0 Å². The highest BCUT2D eigenvalue weighted by Gasteiger charge is 2.25. The Bertz CT molecular complexity index is 750. The lowest BCUT2D eigenvalue weighted by molar-refractivity contribution is -0.125. The first-order valence-corrected chi connectivity index (χ1v) is 10.4. The van der Waals surface area contributed by atoms with Crippen molar-refractivity contribution in [3.8, 4) is 0 Å². The van der Waals surface area contributed by atoms with Crippen LogP contribution >= 0.6 is 0 Å². The van der Waals surface area contributed by atoms with E-state index < -0.39 is 0 Å². The molecule has 2 fully saturated rings. The van der Waals surface area contributed by atoms with Crippen molar-refractivity contribution in [2.24, 2.45) is 5.92 Å². The summed E-state index contributed by atoms with van der Waals surface area (Å²) in [6, 6.07) is 10.1. The molecule has 0 spiro atoms. The van der Waals surface area contributed by atoms with Crippen molar-refractivity contribution in [3.05, 3.63) is 48.3 Å². The van der Waals surface area contributed by atoms with Crippen LogP contribution in [0.15, 0.2) is 42.7 Å². The number of nitrogens with one attached hydrogen (secondary N) is 1. The summed E-state index contributed by atoms with van der Waals surface area (Å²) in [5, 5.41) is 3.08. The lowest BCUT2D eigenvalue weighted by Crippen LogP contribution is -2.40. The Morgan fingerprint density at radius 3 is 2.29 bits per heavy atom. The van der Waals surface area contributed by atoms with Crippen molar-refractivity contribution in [1.82, 2.24) is 15.3 Å². The van der Waals surface area contributed by atoms with E-state index in [4.69, 9.17) is 0 Å². The molecule has 2 saturated heterocycles. The molecule has 2 aliphatic heterocycles. The second-order valence-corrected chi connectivity index (χ2v) is 7.75. The van der Waals surface area contributed by atoms with E-state index in [1.54, 1.807) is 0 Å². The highest BCUT2D eigenvalue weighted by molar-refractivity contribution is 5.79. The third-order valence-electron chi connectivity index (χ3n) is 5.80. The van der Waals surface area contributed by atoms with Gasteiger partial charge in [-0.3, -0.25) is 4.79 Å². The number of benzene rings is 1. The molecule has 1 aromatic heterocycles. The smallest absolute Gasteiger partial charge is 0.225 e. The van der Waals surface area contributed by atoms with Gasteiger partial charge in [-0.25, -0.2) is 9.97 Å². The van der Waals surface area contributed by atoms with Crippen LogP contribution in [0.4, 0.5) is 11.6 Å². The third-order valence-corrected chi connectivity index (χ3v) is 5.80. The SMILES string of the molecule is O=C(NCc1ccccc1)C1CCN(c2cnc(N3CCCCC3)nc2)CC1. The number of piperidine rings is 2. The summed E-state index contributed by atoms with van der Waals surface area (Å²) < 4.78 is 0. The average Bonchev–Trinajstić information content (AvgIpc) is 2.79. The van der Waals surface area contributed by atoms with Crippen LogP contribution in [-0.2, 0) is 11.3 Å². The Labute approximate surface area is 167 Å². The van der Waals surface area contributed by atoms with E-state index in [0.717, 1.165) is 56.2 Å². The Hall–Kier alpha value is -2.63. The van der Waals surface area contributed by atoms with E-state index in [1.165, 1.54) is 19.3 Å². The second-order valence-electron chi connectivity index (χ2n) is 7.75. The zero-order valence-electron chi connectivity index (χ0n) is 16.4. The van der Waals surface area contributed by atoms with Gasteiger partial charge in [0.25, 0.3) is 0 Å². The minimum atomic E-state index is 0.0912. The molecular formula is C22H29N5O. The summed E-state index contributed by atoms with van der Waals surface area (Å²) in [7, 11) is 0. The maximum Gasteiger partial charge on any atom is 0.225 e. The molecule has 148 valence electrons. The molecule has 0 saturated carbocycles. The zero-order chi connectivity index (χ0) is 19.2. The Morgan fingerprint density at radius 1 is 0.929 bits per heavy atom. The number of amides is 1. The summed E-state index contributed by atoms with van der Waals surface area (Å²) in [6.07, 6.45) is 9.38. The molecule has 0 radical (unpaired) electrons. The Morgan fingerprint density at radius 2 is 1.61 bits per heavy atom. The molecule has 3 heterocycles. The predicted molar refractivity (Wildman–Crippen MR) is 111 cm³/mol. The summed E-state index contributed by atoms with van der Waals surface area (Å²) in [5.74, 6) is 1.10. The van der Waals surface area contributed by atoms with Crippen molar-refractivity contribution < 1.29 is 4.79 Å². The number of rotatable bonds is 5. The molecule has 28 heavy (non-hydrogen) atoms. The Kier molecular flexibility index (Phi) is 6.04. The van der Waals surface area contributed by atoms with Crippen LogP contribution in [0.25, 0.3) is 0 Å². The Balaban J connectivity index is 1.26. The fraction of sp³-hybridized carbons (Fsp3) is 0.500. The molecule has 2 aromatic rings. The molecule has 6 heteroatoms. The second kappa shape index (κ2) is 9.04. The maximum atomic E-state index is 12.5. The first kappa shape index (κ1) is 18.7. The largest absolute Gasteiger partial charge is 0.369 e. The number of hydrogen-bond acceptors (Lipinski definition) is 5. The van der Waals surface area contributed by atoms with Crippen LogP contribution in [0.5, 0.6) is 0 Å². The summed E-state index contributed by atoms with van der Waals surface area (Å²) >= 11 is 0. The predicted octanol–water partition coefficient (Wildman–Crippen LogP) is 3.00. The summed E-state index contributed by atoms with van der Waals surface area (Å²) in [6.45, 7) is 4.46. The van der Waals surface area contributed by atoms with Gasteiger partial charge >= 0.3 is 0 Å². The van der Waals surface area contributed by atoms with E-state index in [1.807, 2.05) is 42.7 Å². The van der Waals surface area contributed by atoms with Gasteiger partial charge in [0.2, 0.25) is 11.9 Å². The maximum absolute atomic E-state index is 12.5. The molecule has 1 amide bonds. The first-order chi connectivity index (χ1) is 13.8. The van der Waals surface area contributed by atoms with Crippen molar-refractivity contribution in [3.63, 3.8) is 0 Å². The minimum absolute atomic E-state index is 0.0912. The normalized spacial score (nSPS) is 18.1. The highest BCUT2D eigenvalue weighted by atomic mass is 16.1. The quantitative estimate of drug-likeness (QED) is 0.865. The van der Waals surface area contributed by atoms with Gasteiger partial charge in [-0.05, 0) is 37.7 Å². The van der Waals surface area contributed by atoms with Gasteiger partial charge in [0.15, 0.2) is 0 Å². The number of anilines is 2. The molecule has 1 N–H and O–H groups in total. The van der Waals surface area contributed by atoms with Crippen LogP contribution < -0.4 is 15.1 Å². The standard InChI is InChI=1S/C22H29N5O/c28-21(23-15-18-7-3-1-4-8-18)19-9-13-26(14-10-19)20-16-24-22(25-17-20)27-11-5-2-6-12-27/h1,3-4,7-8,16-17,19H,2,5-6,9-15H2,(H,23,28). The van der Waals surface area contributed by atoms with Crippen LogP contribution in [0.1, 0.15) is 37.7 Å². The lowest BCUT2D eigenvalue weighted by atomic mass is 9.95. The van der Waals surface area contributed by atoms with Gasteiger partial charge in [-0.15, -0.1) is 0 Å². The zero-order valence-corrected chi connectivity index (χ0v) is 16.4. The van der Waals surface area contributed by atoms with E-state index in [9.17, 15) is 4.79 Å². The molecule has 0 atom stereocenters. The van der Waals surface area contributed by atoms with E-state index >= 15 is 0 Å². The average molecular weight is 380 g/mol. The molecule has 2 aliphatic rings. The topological polar surface area (TPSA) is 61.4 Å². The van der Waals surface area contributed by atoms with Gasteiger partial charge < -0.3 is 15.1 Å². The number of aromatic nitrogens is 2. The van der Waals surface area contributed by atoms with Crippen molar-refractivity contribution >= 4 is 17.5 Å². The van der Waals surface area contributed by atoms with Gasteiger partial charge in [0.1, 0.15) is 0 Å². The first-order valence-electron chi connectivity index (χ1n) is 10.4. The minimum Gasteiger partial charge on any atom is -0.369 e. The molecule has 1 aromatic carbocycles. The van der Waals surface area contributed by atoms with Crippen molar-refractivity contribution in [2.45, 2.75) is 38.6 Å². The van der Waals surface area contributed by atoms with Gasteiger partial charge in [0.05, 0.1) is 18.1 Å². The van der Waals surface area contributed by atoms with Crippen LogP contribution in [0.3, 0.4) is 0 Å².